The number of benzene rings is 3. The van der Waals surface area contributed by atoms with Gasteiger partial charge >= 0.3 is 0 Å². The third-order valence-electron chi connectivity index (χ3n) is 11.3. The van der Waals surface area contributed by atoms with Crippen molar-refractivity contribution in [3.05, 3.63) is 95.1 Å². The number of carbonyl (C=O) groups excluding carboxylic acids is 3. The van der Waals surface area contributed by atoms with Gasteiger partial charge in [0, 0.05) is 35.8 Å². The number of aliphatic hydroxyl groups is 1. The van der Waals surface area contributed by atoms with Crippen molar-refractivity contribution in [1.29, 1.82) is 0 Å². The molecule has 264 valence electrons. The first kappa shape index (κ1) is 34.5. The maximum atomic E-state index is 16.6. The monoisotopic (exact) mass is 698 g/mol. The third-order valence-corrected chi connectivity index (χ3v) is 13.8. The number of anilines is 2. The summed E-state index contributed by atoms with van der Waals surface area (Å²) in [5.41, 5.74) is 2.63. The van der Waals surface area contributed by atoms with Crippen molar-refractivity contribution in [3.63, 3.8) is 0 Å². The number of rotatable bonds is 8. The Morgan fingerprint density at radius 1 is 1.08 bits per heavy atom. The van der Waals surface area contributed by atoms with Crippen molar-refractivity contribution in [2.75, 3.05) is 29.9 Å². The fourth-order valence-corrected chi connectivity index (χ4v) is 11.4. The minimum atomic E-state index is -3.55. The minimum absolute atomic E-state index is 0.0859. The molecule has 2 fully saturated rings. The van der Waals surface area contributed by atoms with E-state index in [4.69, 9.17) is 4.74 Å². The first-order valence-electron chi connectivity index (χ1n) is 17.9. The van der Waals surface area contributed by atoms with Gasteiger partial charge in [0.05, 0.1) is 43.3 Å². The van der Waals surface area contributed by atoms with E-state index in [0.717, 1.165) is 36.1 Å². The molecule has 0 aromatic heterocycles. The van der Waals surface area contributed by atoms with E-state index in [1.807, 2.05) is 79.7 Å². The second-order valence-corrected chi connectivity index (χ2v) is 18.7. The number of piperidine rings is 1. The smallest absolute Gasteiger partial charge is 0.264 e. The Bertz CT molecular complexity index is 1760. The largest absolute Gasteiger partial charge is 0.394 e. The lowest BCUT2D eigenvalue weighted by Crippen LogP contribution is -2.48. The van der Waals surface area contributed by atoms with Crippen LogP contribution in [0.15, 0.2) is 72.8 Å². The maximum Gasteiger partial charge on any atom is 0.264 e. The zero-order chi connectivity index (χ0) is 35.2. The van der Waals surface area contributed by atoms with E-state index in [-0.39, 0.29) is 36.7 Å². The van der Waals surface area contributed by atoms with Gasteiger partial charge in [0.25, 0.3) is 5.91 Å². The average molecular weight is 699 g/mol. The molecule has 4 aliphatic heterocycles. The summed E-state index contributed by atoms with van der Waals surface area (Å²) in [6, 6.07) is 22.7. The molecule has 6 atom stereocenters. The number of aliphatic hydroxyl groups excluding tert-OH is 1. The van der Waals surface area contributed by atoms with Crippen LogP contribution in [0, 0.1) is 11.8 Å². The topological polar surface area (TPSA) is 111 Å². The van der Waals surface area contributed by atoms with Crippen molar-refractivity contribution in [2.45, 2.75) is 82.1 Å². The summed E-state index contributed by atoms with van der Waals surface area (Å²) in [7, 11) is -3.55. The molecule has 11 heteroatoms. The van der Waals surface area contributed by atoms with Crippen molar-refractivity contribution < 1.29 is 28.3 Å². The van der Waals surface area contributed by atoms with Crippen LogP contribution in [0.1, 0.15) is 48.4 Å². The molecule has 1 unspecified atom stereocenters. The Labute approximate surface area is 294 Å². The molecule has 4 heterocycles. The van der Waals surface area contributed by atoms with E-state index >= 15 is 4.11 Å². The van der Waals surface area contributed by atoms with E-state index < -0.39 is 37.6 Å². The second-order valence-electron chi connectivity index (χ2n) is 14.9. The summed E-state index contributed by atoms with van der Waals surface area (Å²) >= 11 is 0. The Balaban J connectivity index is 1.24. The number of hydrogen-bond donors (Lipinski definition) is 3. The van der Waals surface area contributed by atoms with Crippen LogP contribution >= 0.6 is 0 Å². The van der Waals surface area contributed by atoms with E-state index in [9.17, 15) is 19.5 Å². The second kappa shape index (κ2) is 13.7. The van der Waals surface area contributed by atoms with Crippen LogP contribution in [0.5, 0.6) is 0 Å². The van der Waals surface area contributed by atoms with Crippen LogP contribution < -0.4 is 15.5 Å². The van der Waals surface area contributed by atoms with Crippen LogP contribution in [0.2, 0.25) is 18.6 Å². The summed E-state index contributed by atoms with van der Waals surface area (Å²) < 4.78 is 23.5. The van der Waals surface area contributed by atoms with Crippen LogP contribution in [0.4, 0.5) is 15.5 Å². The first-order valence-corrected chi connectivity index (χ1v) is 20.8. The SMILES string of the molecule is C[C@@H]1[C@@H]([Si](C)(C)F)[C@H](CC(=O)N2Cc3ccccc3C[C@H]2CO)O[C@@]12C(=O)N(Cc1ccccc1)c1ccc(NC(=O)C3CCCNC3)cc12. The molecule has 3 N–H and O–H groups in total. The number of nitrogens with zero attached hydrogens (tertiary/aromatic N) is 2. The van der Waals surface area contributed by atoms with E-state index in [1.54, 1.807) is 22.9 Å². The molecular formula is C39H47FN4O5Si. The highest BCUT2D eigenvalue weighted by molar-refractivity contribution is 6.72. The van der Waals surface area contributed by atoms with Crippen molar-refractivity contribution >= 4 is 37.5 Å². The number of nitrogens with one attached hydrogen (secondary N) is 2. The van der Waals surface area contributed by atoms with E-state index in [0.29, 0.717) is 43.0 Å². The average Bonchev–Trinajstić information content (AvgIpc) is 3.54. The molecule has 3 aromatic rings. The van der Waals surface area contributed by atoms with Crippen LogP contribution in [-0.2, 0) is 44.2 Å². The van der Waals surface area contributed by atoms with Gasteiger partial charge in [-0.3, -0.25) is 14.4 Å². The minimum Gasteiger partial charge on any atom is -0.394 e. The van der Waals surface area contributed by atoms with Gasteiger partial charge < -0.3 is 34.4 Å². The van der Waals surface area contributed by atoms with Crippen molar-refractivity contribution in [3.8, 4) is 0 Å². The summed E-state index contributed by atoms with van der Waals surface area (Å²) in [5.74, 6) is -1.36. The zero-order valence-corrected chi connectivity index (χ0v) is 30.0. The number of ether oxygens (including phenoxy) is 1. The van der Waals surface area contributed by atoms with E-state index in [1.165, 1.54) is 0 Å². The number of fused-ring (bicyclic) bond motifs is 3. The van der Waals surface area contributed by atoms with Gasteiger partial charge in [-0.25, -0.2) is 0 Å². The molecule has 1 spiro atoms. The van der Waals surface area contributed by atoms with Gasteiger partial charge in [-0.1, -0.05) is 61.5 Å². The predicted octanol–water partition coefficient (Wildman–Crippen LogP) is 5.28. The van der Waals surface area contributed by atoms with Gasteiger partial charge in [-0.15, -0.1) is 0 Å². The predicted molar refractivity (Wildman–Crippen MR) is 193 cm³/mol. The number of halogens is 1. The lowest BCUT2D eigenvalue weighted by molar-refractivity contribution is -0.151. The highest BCUT2D eigenvalue weighted by atomic mass is 28.4. The fourth-order valence-electron chi connectivity index (χ4n) is 8.90. The lowest BCUT2D eigenvalue weighted by atomic mass is 9.82. The molecule has 9 nitrogen and oxygen atoms in total. The van der Waals surface area contributed by atoms with Gasteiger partial charge in [0.1, 0.15) is 0 Å². The quantitative estimate of drug-likeness (QED) is 0.218. The zero-order valence-electron chi connectivity index (χ0n) is 29.0. The Morgan fingerprint density at radius 2 is 1.82 bits per heavy atom. The summed E-state index contributed by atoms with van der Waals surface area (Å²) in [6.45, 7) is 7.08. The van der Waals surface area contributed by atoms with E-state index in [2.05, 4.69) is 10.6 Å². The van der Waals surface area contributed by atoms with Crippen LogP contribution in [0.3, 0.4) is 0 Å². The molecule has 0 radical (unpaired) electrons. The molecular weight excluding hydrogens is 652 g/mol. The van der Waals surface area contributed by atoms with Crippen molar-refractivity contribution in [2.24, 2.45) is 11.8 Å². The van der Waals surface area contributed by atoms with Gasteiger partial charge in [0.15, 0.2) is 5.60 Å². The molecule has 3 aromatic carbocycles. The van der Waals surface area contributed by atoms with Gasteiger partial charge in [-0.2, -0.15) is 0 Å². The highest BCUT2D eigenvalue weighted by Gasteiger charge is 2.67. The molecule has 0 saturated carbocycles. The summed E-state index contributed by atoms with van der Waals surface area (Å²) in [6.07, 6.45) is 1.28. The third kappa shape index (κ3) is 6.18. The first-order chi connectivity index (χ1) is 24.0. The fraction of sp³-hybridized carbons (Fsp3) is 0.462. The maximum absolute atomic E-state index is 16.6. The Morgan fingerprint density at radius 3 is 2.52 bits per heavy atom. The molecule has 0 aliphatic carbocycles. The normalized spacial score (nSPS) is 27.7. The summed E-state index contributed by atoms with van der Waals surface area (Å²) in [5, 5.41) is 16.7. The summed E-state index contributed by atoms with van der Waals surface area (Å²) in [4.78, 5) is 45.7. The Kier molecular flexibility index (Phi) is 9.44. The van der Waals surface area contributed by atoms with Crippen LogP contribution in [0.25, 0.3) is 0 Å². The molecule has 4 aliphatic rings. The van der Waals surface area contributed by atoms with Crippen molar-refractivity contribution in [1.82, 2.24) is 10.2 Å². The number of hydrogen-bond acceptors (Lipinski definition) is 6. The number of amides is 3. The molecule has 0 bridgehead atoms. The molecule has 2 saturated heterocycles. The van der Waals surface area contributed by atoms with Crippen LogP contribution in [-0.4, -0.2) is 68.0 Å². The molecule has 3 amide bonds. The molecule has 7 rings (SSSR count). The highest BCUT2D eigenvalue weighted by Crippen LogP contribution is 2.60. The standard InChI is InChI=1S/C39H47FN4O5Si/c1-25-36(50(2,3)40)34(20-35(46)43-23-29-13-8-7-12-27(29)18-31(43)24-45)49-39(25)32-19-30(42-37(47)28-14-9-17-41-21-28)15-16-33(32)44(38(39)48)22-26-10-5-4-6-11-26/h4-8,10-13,15-16,19,25,28,31,34,36,41,45H,9,14,17-18,20-24H2,1-3H3,(H,42,47)/t25-,28?,31+,34+,36-,39+/m1/s1. The number of carbonyl (C=O) groups is 3. The molecule has 50 heavy (non-hydrogen) atoms. The van der Waals surface area contributed by atoms with Gasteiger partial charge in [-0.05, 0) is 73.8 Å². The van der Waals surface area contributed by atoms with Gasteiger partial charge in [0.2, 0.25) is 20.2 Å². The lowest BCUT2D eigenvalue weighted by Gasteiger charge is -2.37. The Hall–Kier alpha value is -3.90.